The molecule has 1 amide bonds. The third-order valence-corrected chi connectivity index (χ3v) is 14.9. The maximum Gasteiger partial charge on any atom is 0.239 e. The first-order valence-corrected chi connectivity index (χ1v) is 19.3. The average Bonchev–Trinajstić information content (AvgIpc) is 3.51. The van der Waals surface area contributed by atoms with Gasteiger partial charge in [0, 0.05) is 23.0 Å². The number of nitrogens with zero attached hydrogens (tertiary/aromatic N) is 3. The minimum Gasteiger partial charge on any atom is -0.286 e. The van der Waals surface area contributed by atoms with E-state index in [-0.39, 0.29) is 16.7 Å². The second-order valence-corrected chi connectivity index (χ2v) is 17.9. The normalized spacial score (nSPS) is 43.6. The third-order valence-electron chi connectivity index (χ3n) is 13.6. The van der Waals surface area contributed by atoms with Crippen molar-refractivity contribution in [3.63, 3.8) is 0 Å². The van der Waals surface area contributed by atoms with Gasteiger partial charge in [-0.05, 0) is 111 Å². The van der Waals surface area contributed by atoms with Gasteiger partial charge in [0.15, 0.2) is 5.17 Å². The highest BCUT2D eigenvalue weighted by molar-refractivity contribution is 8.15. The largest absolute Gasteiger partial charge is 0.286 e. The minimum atomic E-state index is 0.237. The van der Waals surface area contributed by atoms with E-state index in [1.165, 1.54) is 76.3 Å². The Hall–Kier alpha value is -0.550. The highest BCUT2D eigenvalue weighted by Crippen LogP contribution is 2.68. The second-order valence-electron chi connectivity index (χ2n) is 16.4. The van der Waals surface area contributed by atoms with Crippen molar-refractivity contribution in [2.24, 2.45) is 62.5 Å². The Morgan fingerprint density at radius 1 is 0.929 bits per heavy atom. The predicted molar refractivity (Wildman–Crippen MR) is 179 cm³/mol. The van der Waals surface area contributed by atoms with Gasteiger partial charge in [0.1, 0.15) is 0 Å². The van der Waals surface area contributed by atoms with Crippen LogP contribution in [0.5, 0.6) is 0 Å². The van der Waals surface area contributed by atoms with Gasteiger partial charge in [-0.25, -0.2) is 0 Å². The van der Waals surface area contributed by atoms with Gasteiger partial charge in [0.05, 0.1) is 5.75 Å². The quantitative estimate of drug-likeness (QED) is 0.211. The van der Waals surface area contributed by atoms with E-state index in [2.05, 4.69) is 34.6 Å². The van der Waals surface area contributed by atoms with Crippen LogP contribution in [0.15, 0.2) is 10.2 Å². The number of hydrogen-bond donors (Lipinski definition) is 0. The average molecular weight is 616 g/mol. The van der Waals surface area contributed by atoms with Crippen molar-refractivity contribution in [1.29, 1.82) is 0 Å². The van der Waals surface area contributed by atoms with Crippen LogP contribution >= 0.6 is 23.4 Å². The molecule has 6 fully saturated rings. The third kappa shape index (κ3) is 5.78. The fourth-order valence-corrected chi connectivity index (χ4v) is 12.6. The van der Waals surface area contributed by atoms with Gasteiger partial charge in [-0.2, -0.15) is 5.10 Å². The van der Waals surface area contributed by atoms with Gasteiger partial charge in [0.25, 0.3) is 0 Å². The van der Waals surface area contributed by atoms with Crippen LogP contribution in [0, 0.1) is 52.3 Å². The maximum atomic E-state index is 12.9. The lowest BCUT2D eigenvalue weighted by atomic mass is 9.44. The number of rotatable bonds is 7. The van der Waals surface area contributed by atoms with E-state index in [9.17, 15) is 4.79 Å². The van der Waals surface area contributed by atoms with Gasteiger partial charge in [-0.15, -0.1) is 16.7 Å². The number of carbonyl (C=O) groups is 1. The molecule has 6 rings (SSSR count). The Bertz CT molecular complexity index is 1050. The summed E-state index contributed by atoms with van der Waals surface area (Å²) >= 11 is 8.50. The van der Waals surface area contributed by atoms with Crippen LogP contribution in [-0.2, 0) is 4.79 Å². The molecular weight excluding hydrogens is 558 g/mol. The van der Waals surface area contributed by atoms with Crippen LogP contribution in [0.4, 0.5) is 0 Å². The Labute approximate surface area is 266 Å². The summed E-state index contributed by atoms with van der Waals surface area (Å²) in [6.45, 7) is 12.6. The first-order chi connectivity index (χ1) is 20.1. The molecule has 0 radical (unpaired) electrons. The number of halogens is 1. The molecule has 5 saturated carbocycles. The van der Waals surface area contributed by atoms with Crippen molar-refractivity contribution in [2.75, 3.05) is 5.75 Å². The molecule has 9 atom stereocenters. The number of hydrogen-bond acceptors (Lipinski definition) is 4. The summed E-state index contributed by atoms with van der Waals surface area (Å²) < 4.78 is 0. The standard InChI is InChI=1S/C36H58ClN3OS/c1-23(2)10-9-11-24(3)28-14-15-29-27-21-32(38-39-34-40(33(41)22-42-34)26-12-7-6-8-13-26)31-20-25(37)16-18-36(31,5)30(27)17-19-35(28,29)4/h23-31H,6-22H2,1-5H3/b38-32+,39-34-/t24-,25+,27+,28-,29+,30+,31?,35-,36-/m1/s1. The molecule has 6 heteroatoms. The van der Waals surface area contributed by atoms with E-state index < -0.39 is 0 Å². The van der Waals surface area contributed by atoms with Gasteiger partial charge in [-0.3, -0.25) is 9.69 Å². The highest BCUT2D eigenvalue weighted by atomic mass is 35.5. The summed E-state index contributed by atoms with van der Waals surface area (Å²) in [5.74, 6) is 6.01. The molecule has 6 aliphatic rings. The summed E-state index contributed by atoms with van der Waals surface area (Å²) in [5, 5.41) is 11.3. The van der Waals surface area contributed by atoms with Crippen molar-refractivity contribution in [1.82, 2.24) is 4.90 Å². The molecule has 5 aliphatic carbocycles. The summed E-state index contributed by atoms with van der Waals surface area (Å²) in [7, 11) is 0. The Morgan fingerprint density at radius 3 is 2.43 bits per heavy atom. The van der Waals surface area contributed by atoms with Crippen LogP contribution in [0.25, 0.3) is 0 Å². The molecule has 1 saturated heterocycles. The predicted octanol–water partition coefficient (Wildman–Crippen LogP) is 9.95. The fourth-order valence-electron chi connectivity index (χ4n) is 11.4. The molecule has 0 spiro atoms. The topological polar surface area (TPSA) is 45.0 Å². The molecule has 1 unspecified atom stereocenters. The second kappa shape index (κ2) is 12.7. The zero-order valence-corrected chi connectivity index (χ0v) is 28.8. The zero-order chi connectivity index (χ0) is 29.6. The first-order valence-electron chi connectivity index (χ1n) is 17.8. The Kier molecular flexibility index (Phi) is 9.49. The van der Waals surface area contributed by atoms with Crippen LogP contribution in [0.3, 0.4) is 0 Å². The zero-order valence-electron chi connectivity index (χ0n) is 27.3. The molecule has 1 aliphatic heterocycles. The van der Waals surface area contributed by atoms with Crippen molar-refractivity contribution >= 4 is 40.1 Å². The van der Waals surface area contributed by atoms with E-state index in [0.29, 0.717) is 23.1 Å². The van der Waals surface area contributed by atoms with Gasteiger partial charge in [-0.1, -0.05) is 84.9 Å². The molecule has 236 valence electrons. The summed E-state index contributed by atoms with van der Waals surface area (Å²) in [5.41, 5.74) is 2.06. The van der Waals surface area contributed by atoms with Gasteiger partial charge < -0.3 is 0 Å². The first kappa shape index (κ1) is 31.4. The van der Waals surface area contributed by atoms with E-state index in [4.69, 9.17) is 21.8 Å². The molecule has 0 aromatic rings. The molecule has 1 heterocycles. The minimum absolute atomic E-state index is 0.237. The van der Waals surface area contributed by atoms with Gasteiger partial charge in [0.2, 0.25) is 5.91 Å². The smallest absolute Gasteiger partial charge is 0.239 e. The lowest BCUT2D eigenvalue weighted by molar-refractivity contribution is -0.126. The number of thioether (sulfide) groups is 1. The number of carbonyl (C=O) groups excluding carboxylic acids is 1. The number of amidine groups is 1. The number of amides is 1. The van der Waals surface area contributed by atoms with Crippen molar-refractivity contribution in [2.45, 2.75) is 149 Å². The SMILES string of the molecule is CC(C)CCC[C@@H](C)[C@H]1CC[C@H]2[C@@H]3C/C(=N\N=C4/SCC(=O)N4C4CCCCC4)C4C[C@@H](Cl)CC[C@]4(C)[C@H]3CC[C@]12C. The summed E-state index contributed by atoms with van der Waals surface area (Å²) in [6, 6.07) is 0.320. The molecule has 0 aromatic heterocycles. The van der Waals surface area contributed by atoms with E-state index in [1.807, 2.05) is 4.90 Å². The molecule has 0 aromatic carbocycles. The maximum absolute atomic E-state index is 12.9. The fraction of sp³-hybridized carbons (Fsp3) is 0.917. The molecular formula is C36H58ClN3OS. The summed E-state index contributed by atoms with van der Waals surface area (Å²) in [6.07, 6.45) is 20.2. The monoisotopic (exact) mass is 615 g/mol. The van der Waals surface area contributed by atoms with Gasteiger partial charge >= 0.3 is 0 Å². The summed E-state index contributed by atoms with van der Waals surface area (Å²) in [4.78, 5) is 15.0. The van der Waals surface area contributed by atoms with Crippen molar-refractivity contribution in [3.8, 4) is 0 Å². The highest BCUT2D eigenvalue weighted by Gasteiger charge is 2.62. The number of alkyl halides is 1. The van der Waals surface area contributed by atoms with Crippen LogP contribution in [-0.4, -0.2) is 38.9 Å². The van der Waals surface area contributed by atoms with Crippen LogP contribution < -0.4 is 0 Å². The number of fused-ring (bicyclic) bond motifs is 5. The van der Waals surface area contributed by atoms with E-state index in [1.54, 1.807) is 11.8 Å². The molecule has 0 N–H and O–H groups in total. The lowest BCUT2D eigenvalue weighted by Gasteiger charge is -2.61. The van der Waals surface area contributed by atoms with Crippen molar-refractivity contribution < 1.29 is 4.79 Å². The Balaban J connectivity index is 1.27. The van der Waals surface area contributed by atoms with Crippen LogP contribution in [0.1, 0.15) is 137 Å². The van der Waals surface area contributed by atoms with E-state index >= 15 is 0 Å². The molecule has 42 heavy (non-hydrogen) atoms. The van der Waals surface area contributed by atoms with E-state index in [0.717, 1.165) is 72.8 Å². The Morgan fingerprint density at radius 2 is 1.67 bits per heavy atom. The van der Waals surface area contributed by atoms with Crippen molar-refractivity contribution in [3.05, 3.63) is 0 Å². The molecule has 0 bridgehead atoms. The lowest BCUT2D eigenvalue weighted by Crippen LogP contribution is -2.56. The molecule has 4 nitrogen and oxygen atoms in total. The van der Waals surface area contributed by atoms with Crippen LogP contribution in [0.2, 0.25) is 0 Å².